The van der Waals surface area contributed by atoms with Crippen LogP contribution >= 0.6 is 0 Å². The van der Waals surface area contributed by atoms with E-state index in [2.05, 4.69) is 12.2 Å². The molecule has 1 aliphatic heterocycles. The van der Waals surface area contributed by atoms with E-state index in [1.807, 2.05) is 18.2 Å². The molecule has 1 amide bonds. The highest BCUT2D eigenvalue weighted by molar-refractivity contribution is 5.93. The van der Waals surface area contributed by atoms with E-state index in [0.717, 1.165) is 42.5 Å². The monoisotopic (exact) mass is 233 g/mol. The molecule has 0 saturated heterocycles. The molecule has 2 N–H and O–H groups in total. The number of fused-ring (bicyclic) bond motifs is 1. The second kappa shape index (κ2) is 5.32. The van der Waals surface area contributed by atoms with Crippen molar-refractivity contribution in [1.82, 2.24) is 0 Å². The molecule has 17 heavy (non-hydrogen) atoms. The molecule has 0 spiro atoms. The topological polar surface area (TPSA) is 49.3 Å². The number of aliphatic hydroxyl groups is 1. The molecule has 1 atom stereocenters. The normalized spacial score (nSPS) is 16.2. The minimum Gasteiger partial charge on any atom is -0.388 e. The van der Waals surface area contributed by atoms with Gasteiger partial charge in [-0.1, -0.05) is 31.9 Å². The number of rotatable bonds is 4. The summed E-state index contributed by atoms with van der Waals surface area (Å²) in [4.78, 5) is 11.2. The van der Waals surface area contributed by atoms with Crippen LogP contribution < -0.4 is 5.32 Å². The summed E-state index contributed by atoms with van der Waals surface area (Å²) in [6.07, 6.45) is 3.88. The van der Waals surface area contributed by atoms with Crippen LogP contribution in [0.3, 0.4) is 0 Å². The lowest BCUT2D eigenvalue weighted by molar-refractivity contribution is -0.116. The molecule has 0 aromatic heterocycles. The molecular formula is C14H19NO2. The smallest absolute Gasteiger partial charge is 0.224 e. The van der Waals surface area contributed by atoms with Crippen molar-refractivity contribution in [2.45, 2.75) is 45.1 Å². The minimum atomic E-state index is -0.377. The van der Waals surface area contributed by atoms with Crippen molar-refractivity contribution < 1.29 is 9.90 Å². The number of nitrogens with one attached hydrogen (secondary N) is 1. The second-order valence-electron chi connectivity index (χ2n) is 4.62. The highest BCUT2D eigenvalue weighted by Crippen LogP contribution is 2.27. The number of carbonyl (C=O) groups is 1. The maximum atomic E-state index is 11.2. The van der Waals surface area contributed by atoms with E-state index in [0.29, 0.717) is 6.42 Å². The molecule has 1 aromatic rings. The van der Waals surface area contributed by atoms with E-state index in [-0.39, 0.29) is 12.0 Å². The zero-order valence-electron chi connectivity index (χ0n) is 10.2. The Balaban J connectivity index is 2.13. The van der Waals surface area contributed by atoms with Crippen molar-refractivity contribution in [2.24, 2.45) is 0 Å². The van der Waals surface area contributed by atoms with E-state index in [4.69, 9.17) is 0 Å². The molecular weight excluding hydrogens is 214 g/mol. The van der Waals surface area contributed by atoms with Crippen molar-refractivity contribution in [2.75, 3.05) is 5.32 Å². The van der Waals surface area contributed by atoms with Gasteiger partial charge in [0.1, 0.15) is 0 Å². The average molecular weight is 233 g/mol. The molecule has 2 rings (SSSR count). The third kappa shape index (κ3) is 2.86. The first-order valence-corrected chi connectivity index (χ1v) is 6.31. The fourth-order valence-corrected chi connectivity index (χ4v) is 2.17. The standard InChI is InChI=1S/C14H19NO2/c1-2-3-4-13(16)11-5-7-12-10(9-11)6-8-14(17)15-12/h5,7,9,13,16H,2-4,6,8H2,1H3,(H,15,17). The number of carbonyl (C=O) groups excluding carboxylic acids is 1. The van der Waals surface area contributed by atoms with Crippen LogP contribution in [0.1, 0.15) is 49.8 Å². The highest BCUT2D eigenvalue weighted by atomic mass is 16.3. The van der Waals surface area contributed by atoms with Gasteiger partial charge in [-0.2, -0.15) is 0 Å². The molecule has 1 aromatic carbocycles. The SMILES string of the molecule is CCCCC(O)c1ccc2c(c1)CCC(=O)N2. The first-order chi connectivity index (χ1) is 8.20. The van der Waals surface area contributed by atoms with Gasteiger partial charge in [0.15, 0.2) is 0 Å². The molecule has 1 heterocycles. The molecule has 1 aliphatic rings. The van der Waals surface area contributed by atoms with E-state index < -0.39 is 0 Å². The number of unbranched alkanes of at least 4 members (excludes halogenated alkanes) is 1. The maximum absolute atomic E-state index is 11.2. The van der Waals surface area contributed by atoms with Gasteiger partial charge in [0, 0.05) is 12.1 Å². The van der Waals surface area contributed by atoms with Crippen molar-refractivity contribution in [3.05, 3.63) is 29.3 Å². The predicted molar refractivity (Wildman–Crippen MR) is 67.9 cm³/mol. The summed E-state index contributed by atoms with van der Waals surface area (Å²) >= 11 is 0. The van der Waals surface area contributed by atoms with Crippen LogP contribution in [0.15, 0.2) is 18.2 Å². The number of anilines is 1. The van der Waals surface area contributed by atoms with Crippen LogP contribution in [0, 0.1) is 0 Å². The van der Waals surface area contributed by atoms with Crippen molar-refractivity contribution >= 4 is 11.6 Å². The lowest BCUT2D eigenvalue weighted by Crippen LogP contribution is -2.19. The van der Waals surface area contributed by atoms with E-state index in [1.165, 1.54) is 0 Å². The molecule has 3 nitrogen and oxygen atoms in total. The van der Waals surface area contributed by atoms with Gasteiger partial charge in [-0.15, -0.1) is 0 Å². The van der Waals surface area contributed by atoms with Gasteiger partial charge in [-0.25, -0.2) is 0 Å². The van der Waals surface area contributed by atoms with Gasteiger partial charge < -0.3 is 10.4 Å². The summed E-state index contributed by atoms with van der Waals surface area (Å²) in [7, 11) is 0. The van der Waals surface area contributed by atoms with E-state index >= 15 is 0 Å². The fraction of sp³-hybridized carbons (Fsp3) is 0.500. The average Bonchev–Trinajstić information content (AvgIpc) is 2.35. The Morgan fingerprint density at radius 2 is 2.24 bits per heavy atom. The summed E-state index contributed by atoms with van der Waals surface area (Å²) in [5, 5.41) is 12.9. The van der Waals surface area contributed by atoms with Gasteiger partial charge in [0.2, 0.25) is 5.91 Å². The first-order valence-electron chi connectivity index (χ1n) is 6.31. The van der Waals surface area contributed by atoms with Gasteiger partial charge in [-0.05, 0) is 30.0 Å². The molecule has 0 radical (unpaired) electrons. The van der Waals surface area contributed by atoms with Crippen LogP contribution in [-0.2, 0) is 11.2 Å². The quantitative estimate of drug-likeness (QED) is 0.840. The third-order valence-corrected chi connectivity index (χ3v) is 3.24. The summed E-state index contributed by atoms with van der Waals surface area (Å²) < 4.78 is 0. The van der Waals surface area contributed by atoms with Crippen molar-refractivity contribution in [1.29, 1.82) is 0 Å². The van der Waals surface area contributed by atoms with Crippen LogP contribution in [0.4, 0.5) is 5.69 Å². The summed E-state index contributed by atoms with van der Waals surface area (Å²) in [5.41, 5.74) is 3.00. The second-order valence-corrected chi connectivity index (χ2v) is 4.62. The lowest BCUT2D eigenvalue weighted by atomic mass is 9.96. The van der Waals surface area contributed by atoms with Crippen LogP contribution in [-0.4, -0.2) is 11.0 Å². The van der Waals surface area contributed by atoms with Crippen LogP contribution in [0.5, 0.6) is 0 Å². The molecule has 1 unspecified atom stereocenters. The molecule has 0 saturated carbocycles. The Morgan fingerprint density at radius 3 is 3.00 bits per heavy atom. The van der Waals surface area contributed by atoms with E-state index in [9.17, 15) is 9.90 Å². The molecule has 0 bridgehead atoms. The number of amides is 1. The Morgan fingerprint density at radius 1 is 1.41 bits per heavy atom. The zero-order valence-corrected chi connectivity index (χ0v) is 10.2. The number of aliphatic hydroxyl groups excluding tert-OH is 1. The van der Waals surface area contributed by atoms with Crippen LogP contribution in [0.25, 0.3) is 0 Å². The Bertz CT molecular complexity index is 415. The molecule has 0 aliphatic carbocycles. The first kappa shape index (κ1) is 12.1. The predicted octanol–water partition coefficient (Wildman–Crippen LogP) is 2.79. The third-order valence-electron chi connectivity index (χ3n) is 3.24. The molecule has 0 fully saturated rings. The van der Waals surface area contributed by atoms with Gasteiger partial charge in [-0.3, -0.25) is 4.79 Å². The van der Waals surface area contributed by atoms with Gasteiger partial charge >= 0.3 is 0 Å². The number of hydrogen-bond acceptors (Lipinski definition) is 2. The Hall–Kier alpha value is -1.35. The summed E-state index contributed by atoms with van der Waals surface area (Å²) in [6, 6.07) is 5.83. The summed E-state index contributed by atoms with van der Waals surface area (Å²) in [5.74, 6) is 0.0804. The van der Waals surface area contributed by atoms with Gasteiger partial charge in [0.05, 0.1) is 6.10 Å². The maximum Gasteiger partial charge on any atom is 0.224 e. The fourth-order valence-electron chi connectivity index (χ4n) is 2.17. The van der Waals surface area contributed by atoms with Crippen molar-refractivity contribution in [3.63, 3.8) is 0 Å². The Labute approximate surface area is 102 Å². The van der Waals surface area contributed by atoms with Crippen molar-refractivity contribution in [3.8, 4) is 0 Å². The summed E-state index contributed by atoms with van der Waals surface area (Å²) in [6.45, 7) is 2.12. The minimum absolute atomic E-state index is 0.0804. The van der Waals surface area contributed by atoms with E-state index in [1.54, 1.807) is 0 Å². The molecule has 3 heteroatoms. The number of aryl methyl sites for hydroxylation is 1. The van der Waals surface area contributed by atoms with Crippen LogP contribution in [0.2, 0.25) is 0 Å². The zero-order chi connectivity index (χ0) is 12.3. The molecule has 92 valence electrons. The van der Waals surface area contributed by atoms with Gasteiger partial charge in [0.25, 0.3) is 0 Å². The number of hydrogen-bond donors (Lipinski definition) is 2. The number of benzene rings is 1. The highest BCUT2D eigenvalue weighted by Gasteiger charge is 2.16. The lowest BCUT2D eigenvalue weighted by Gasteiger charge is -2.19. The Kier molecular flexibility index (Phi) is 3.79. The largest absolute Gasteiger partial charge is 0.388 e.